The average Bonchev–Trinajstić information content (AvgIpc) is 3.36. The van der Waals surface area contributed by atoms with Crippen LogP contribution in [0.3, 0.4) is 0 Å². The molecule has 0 aliphatic heterocycles. The summed E-state index contributed by atoms with van der Waals surface area (Å²) in [6.07, 6.45) is 0. The number of ketones is 1. The molecule has 0 saturated heterocycles. The minimum atomic E-state index is -0.530. The van der Waals surface area contributed by atoms with Crippen molar-refractivity contribution in [1.29, 1.82) is 0 Å². The second-order valence-electron chi connectivity index (χ2n) is 7.40. The third kappa shape index (κ3) is 3.90. The van der Waals surface area contributed by atoms with E-state index < -0.39 is 11.9 Å². The van der Waals surface area contributed by atoms with Gasteiger partial charge in [-0.05, 0) is 37.6 Å². The number of fused-ring (bicyclic) bond motifs is 1. The predicted octanol–water partition coefficient (Wildman–Crippen LogP) is 3.31. The number of nitrogens with zero attached hydrogens (tertiary/aromatic N) is 1. The largest absolute Gasteiger partial charge is 0.468 e. The van der Waals surface area contributed by atoms with Gasteiger partial charge in [0.2, 0.25) is 0 Å². The molecule has 0 atom stereocenters. The summed E-state index contributed by atoms with van der Waals surface area (Å²) in [6.45, 7) is 3.44. The van der Waals surface area contributed by atoms with E-state index in [4.69, 9.17) is 0 Å². The van der Waals surface area contributed by atoms with Crippen molar-refractivity contribution in [3.05, 3.63) is 76.6 Å². The number of methoxy groups -OCH3 is 1. The smallest absolute Gasteiger partial charge is 0.325 e. The minimum absolute atomic E-state index is 0.0674. The van der Waals surface area contributed by atoms with Gasteiger partial charge in [-0.1, -0.05) is 30.3 Å². The van der Waals surface area contributed by atoms with Crippen LogP contribution in [0, 0.1) is 13.8 Å². The summed E-state index contributed by atoms with van der Waals surface area (Å²) in [5.74, 6) is -0.420. The average molecular weight is 430 g/mol. The molecular formula is C24H22N4O4. The molecule has 162 valence electrons. The fraction of sp³-hybridized carbons (Fsp3) is 0.167. The Labute approximate surface area is 184 Å². The van der Waals surface area contributed by atoms with E-state index in [-0.39, 0.29) is 12.3 Å². The number of carbonyl (C=O) groups is 3. The lowest BCUT2D eigenvalue weighted by Crippen LogP contribution is -2.30. The van der Waals surface area contributed by atoms with Gasteiger partial charge in [-0.2, -0.15) is 0 Å². The molecular weight excluding hydrogens is 408 g/mol. The Hall–Kier alpha value is -4.20. The summed E-state index contributed by atoms with van der Waals surface area (Å²) in [6, 6.07) is 14.4. The number of H-pyrrole nitrogens is 2. The molecule has 8 heteroatoms. The van der Waals surface area contributed by atoms with Crippen LogP contribution in [-0.4, -0.2) is 46.3 Å². The lowest BCUT2D eigenvalue weighted by atomic mass is 10.0. The number of carbonyl (C=O) groups excluding carboxylic acids is 3. The number of hydrogen-bond acceptors (Lipinski definition) is 5. The Morgan fingerprint density at radius 1 is 1.00 bits per heavy atom. The number of aryl methyl sites for hydroxylation is 1. The highest BCUT2D eigenvalue weighted by Gasteiger charge is 2.21. The monoisotopic (exact) mass is 430 g/mol. The topological polar surface area (TPSA) is 117 Å². The van der Waals surface area contributed by atoms with E-state index in [0.717, 1.165) is 16.8 Å². The fourth-order valence-corrected chi connectivity index (χ4v) is 3.67. The van der Waals surface area contributed by atoms with Gasteiger partial charge in [0.1, 0.15) is 18.1 Å². The number of aromatic nitrogens is 3. The third-order valence-corrected chi connectivity index (χ3v) is 5.30. The molecule has 2 heterocycles. The van der Waals surface area contributed by atoms with Gasteiger partial charge in [0.15, 0.2) is 5.78 Å². The van der Waals surface area contributed by atoms with Crippen molar-refractivity contribution in [2.45, 2.75) is 13.8 Å². The van der Waals surface area contributed by atoms with Crippen LogP contribution in [0.5, 0.6) is 0 Å². The van der Waals surface area contributed by atoms with Crippen LogP contribution in [0.25, 0.3) is 22.4 Å². The molecule has 4 rings (SSSR count). The molecule has 0 radical (unpaired) electrons. The summed E-state index contributed by atoms with van der Waals surface area (Å²) in [7, 11) is 1.26. The lowest BCUT2D eigenvalue weighted by molar-refractivity contribution is -0.139. The lowest BCUT2D eigenvalue weighted by Gasteiger charge is -2.03. The first-order valence-corrected chi connectivity index (χ1v) is 10.0. The number of aromatic amines is 2. The van der Waals surface area contributed by atoms with Crippen LogP contribution >= 0.6 is 0 Å². The zero-order chi connectivity index (χ0) is 22.8. The minimum Gasteiger partial charge on any atom is -0.468 e. The molecule has 2 aromatic carbocycles. The standard InChI is InChI=1S/C24H22N4O4/c1-13-20(14(2)26-21(13)24(31)25-12-19(29)32-3)23-27-17-10-9-16(11-18(17)28-23)22(30)15-7-5-4-6-8-15/h4-11,26H,12H2,1-3H3,(H,25,31)(H,27,28). The second kappa shape index (κ2) is 8.50. The number of benzene rings is 2. The van der Waals surface area contributed by atoms with Gasteiger partial charge in [-0.25, -0.2) is 4.98 Å². The number of nitrogens with one attached hydrogen (secondary N) is 3. The van der Waals surface area contributed by atoms with Crippen LogP contribution in [-0.2, 0) is 9.53 Å². The summed E-state index contributed by atoms with van der Waals surface area (Å²) < 4.78 is 4.55. The maximum absolute atomic E-state index is 12.8. The summed E-state index contributed by atoms with van der Waals surface area (Å²) in [4.78, 5) is 47.5. The first-order valence-electron chi connectivity index (χ1n) is 10.0. The molecule has 0 aliphatic carbocycles. The van der Waals surface area contributed by atoms with Crippen molar-refractivity contribution in [2.24, 2.45) is 0 Å². The molecule has 32 heavy (non-hydrogen) atoms. The van der Waals surface area contributed by atoms with Gasteiger partial charge in [0.25, 0.3) is 5.91 Å². The van der Waals surface area contributed by atoms with Crippen LogP contribution < -0.4 is 5.32 Å². The SMILES string of the molecule is COC(=O)CNC(=O)c1[nH]c(C)c(-c2nc3ccc(C(=O)c4ccccc4)cc3[nH]2)c1C. The van der Waals surface area contributed by atoms with Crippen molar-refractivity contribution < 1.29 is 19.1 Å². The first-order chi connectivity index (χ1) is 15.4. The van der Waals surface area contributed by atoms with Crippen molar-refractivity contribution >= 4 is 28.7 Å². The van der Waals surface area contributed by atoms with Gasteiger partial charge in [0.05, 0.1) is 18.1 Å². The number of hydrogen-bond donors (Lipinski definition) is 3. The zero-order valence-corrected chi connectivity index (χ0v) is 17.9. The molecule has 3 N–H and O–H groups in total. The molecule has 0 spiro atoms. The molecule has 8 nitrogen and oxygen atoms in total. The fourth-order valence-electron chi connectivity index (χ4n) is 3.67. The van der Waals surface area contributed by atoms with Crippen LogP contribution in [0.15, 0.2) is 48.5 Å². The van der Waals surface area contributed by atoms with Crippen molar-refractivity contribution in [3.8, 4) is 11.4 Å². The maximum Gasteiger partial charge on any atom is 0.325 e. The van der Waals surface area contributed by atoms with E-state index >= 15 is 0 Å². The molecule has 0 bridgehead atoms. The molecule has 0 aliphatic rings. The summed E-state index contributed by atoms with van der Waals surface area (Å²) in [5.41, 5.74) is 5.17. The number of imidazole rings is 1. The van der Waals surface area contributed by atoms with E-state index in [1.807, 2.05) is 32.0 Å². The highest BCUT2D eigenvalue weighted by Crippen LogP contribution is 2.29. The van der Waals surface area contributed by atoms with E-state index in [0.29, 0.717) is 33.7 Å². The van der Waals surface area contributed by atoms with Crippen molar-refractivity contribution in [2.75, 3.05) is 13.7 Å². The molecule has 2 aromatic heterocycles. The summed E-state index contributed by atoms with van der Waals surface area (Å²) >= 11 is 0. The van der Waals surface area contributed by atoms with Crippen molar-refractivity contribution in [1.82, 2.24) is 20.3 Å². The highest BCUT2D eigenvalue weighted by atomic mass is 16.5. The van der Waals surface area contributed by atoms with Crippen LogP contribution in [0.2, 0.25) is 0 Å². The maximum atomic E-state index is 12.8. The van der Waals surface area contributed by atoms with Gasteiger partial charge in [-0.15, -0.1) is 0 Å². The molecule has 4 aromatic rings. The Morgan fingerprint density at radius 2 is 1.75 bits per heavy atom. The van der Waals surface area contributed by atoms with Gasteiger partial charge in [-0.3, -0.25) is 14.4 Å². The number of esters is 1. The highest BCUT2D eigenvalue weighted by molar-refractivity contribution is 6.10. The normalized spacial score (nSPS) is 10.8. The second-order valence-corrected chi connectivity index (χ2v) is 7.40. The van der Waals surface area contributed by atoms with Crippen LogP contribution in [0.1, 0.15) is 37.7 Å². The number of ether oxygens (including phenoxy) is 1. The third-order valence-electron chi connectivity index (χ3n) is 5.30. The Bertz CT molecular complexity index is 1340. The van der Waals surface area contributed by atoms with Crippen molar-refractivity contribution in [3.63, 3.8) is 0 Å². The Kier molecular flexibility index (Phi) is 5.59. The quantitative estimate of drug-likeness (QED) is 0.320. The first kappa shape index (κ1) is 21.0. The van der Waals surface area contributed by atoms with E-state index in [9.17, 15) is 14.4 Å². The zero-order valence-electron chi connectivity index (χ0n) is 17.9. The molecule has 0 saturated carbocycles. The number of rotatable bonds is 6. The van der Waals surface area contributed by atoms with Crippen LogP contribution in [0.4, 0.5) is 0 Å². The van der Waals surface area contributed by atoms with Gasteiger partial charge >= 0.3 is 5.97 Å². The van der Waals surface area contributed by atoms with E-state index in [1.54, 1.807) is 30.3 Å². The molecule has 0 unspecified atom stereocenters. The van der Waals surface area contributed by atoms with E-state index in [2.05, 4.69) is 25.0 Å². The summed E-state index contributed by atoms with van der Waals surface area (Å²) in [5, 5.41) is 2.53. The molecule has 1 amide bonds. The van der Waals surface area contributed by atoms with E-state index in [1.165, 1.54) is 7.11 Å². The van der Waals surface area contributed by atoms with Gasteiger partial charge in [0, 0.05) is 22.4 Å². The van der Waals surface area contributed by atoms with Gasteiger partial charge < -0.3 is 20.0 Å². The predicted molar refractivity (Wildman–Crippen MR) is 120 cm³/mol. The number of amides is 1. The Morgan fingerprint density at radius 3 is 2.47 bits per heavy atom. The Balaban J connectivity index is 1.65. The molecule has 0 fully saturated rings.